The van der Waals surface area contributed by atoms with Gasteiger partial charge < -0.3 is 20.4 Å². The maximum atomic E-state index is 12.0. The minimum atomic E-state index is -0.949. The molecular formula is C23H26N4O3. The molecular weight excluding hydrogens is 380 g/mol. The van der Waals surface area contributed by atoms with Gasteiger partial charge in [-0.1, -0.05) is 31.2 Å². The molecule has 7 heteroatoms. The maximum absolute atomic E-state index is 12.0. The van der Waals surface area contributed by atoms with Crippen molar-refractivity contribution < 1.29 is 15.0 Å². The fourth-order valence-electron chi connectivity index (χ4n) is 3.80. The summed E-state index contributed by atoms with van der Waals surface area (Å²) in [5.74, 6) is 1.17. The number of aliphatic hydroxyl groups is 1. The lowest BCUT2D eigenvalue weighted by Crippen LogP contribution is -2.47. The molecule has 0 spiro atoms. The summed E-state index contributed by atoms with van der Waals surface area (Å²) in [6.45, 7) is 3.25. The van der Waals surface area contributed by atoms with Crippen LogP contribution in [0.4, 0.5) is 5.82 Å². The first kappa shape index (κ1) is 20.1. The van der Waals surface area contributed by atoms with Gasteiger partial charge in [-0.2, -0.15) is 0 Å². The van der Waals surface area contributed by atoms with Crippen LogP contribution in [-0.4, -0.2) is 51.3 Å². The van der Waals surface area contributed by atoms with E-state index >= 15 is 0 Å². The van der Waals surface area contributed by atoms with Gasteiger partial charge in [0.15, 0.2) is 5.82 Å². The van der Waals surface area contributed by atoms with E-state index in [0.29, 0.717) is 17.8 Å². The van der Waals surface area contributed by atoms with E-state index in [-0.39, 0.29) is 17.7 Å². The molecule has 3 N–H and O–H groups in total. The molecule has 4 rings (SSSR count). The summed E-state index contributed by atoms with van der Waals surface area (Å²) in [6.07, 6.45) is 1.00. The van der Waals surface area contributed by atoms with Crippen LogP contribution >= 0.6 is 0 Å². The van der Waals surface area contributed by atoms with Gasteiger partial charge in [-0.15, -0.1) is 0 Å². The first-order chi connectivity index (χ1) is 14.6. The molecule has 156 valence electrons. The molecule has 0 radical (unpaired) electrons. The van der Waals surface area contributed by atoms with Gasteiger partial charge in [-0.3, -0.25) is 4.79 Å². The SMILES string of the molecule is CC[C@@H](O)C(=O)NC1CCN(c2nc(-c3ccccc3O)nc3ccccc23)CC1. The number of nitrogens with zero attached hydrogens (tertiary/aromatic N) is 3. The van der Waals surface area contributed by atoms with Crippen LogP contribution in [0.1, 0.15) is 26.2 Å². The summed E-state index contributed by atoms with van der Waals surface area (Å²) in [5.41, 5.74) is 1.42. The van der Waals surface area contributed by atoms with Crippen molar-refractivity contribution in [2.75, 3.05) is 18.0 Å². The number of carbonyl (C=O) groups is 1. The van der Waals surface area contributed by atoms with Crippen molar-refractivity contribution in [2.24, 2.45) is 0 Å². The zero-order valence-corrected chi connectivity index (χ0v) is 17.0. The summed E-state index contributed by atoms with van der Waals surface area (Å²) in [7, 11) is 0. The Morgan fingerprint density at radius 2 is 1.83 bits per heavy atom. The number of hydrogen-bond acceptors (Lipinski definition) is 6. The molecule has 0 bridgehead atoms. The molecule has 0 unspecified atom stereocenters. The molecule has 1 aliphatic rings. The number of anilines is 1. The van der Waals surface area contributed by atoms with Crippen LogP contribution in [0.2, 0.25) is 0 Å². The highest BCUT2D eigenvalue weighted by molar-refractivity contribution is 5.91. The van der Waals surface area contributed by atoms with Crippen LogP contribution in [0.3, 0.4) is 0 Å². The molecule has 7 nitrogen and oxygen atoms in total. The highest BCUT2D eigenvalue weighted by Crippen LogP contribution is 2.32. The van der Waals surface area contributed by atoms with E-state index in [1.807, 2.05) is 36.4 Å². The number of phenolic OH excluding ortho intramolecular Hbond substituents is 1. The second kappa shape index (κ2) is 8.67. The highest BCUT2D eigenvalue weighted by Gasteiger charge is 2.25. The van der Waals surface area contributed by atoms with Crippen molar-refractivity contribution in [1.29, 1.82) is 0 Å². The number of aromatic nitrogens is 2. The molecule has 1 atom stereocenters. The van der Waals surface area contributed by atoms with Crippen molar-refractivity contribution in [2.45, 2.75) is 38.3 Å². The number of para-hydroxylation sites is 2. The van der Waals surface area contributed by atoms with Crippen LogP contribution in [0.25, 0.3) is 22.3 Å². The lowest BCUT2D eigenvalue weighted by atomic mass is 10.0. The average Bonchev–Trinajstić information content (AvgIpc) is 2.78. The third kappa shape index (κ3) is 4.07. The first-order valence-corrected chi connectivity index (χ1v) is 10.4. The molecule has 1 amide bonds. The number of aromatic hydroxyl groups is 1. The van der Waals surface area contributed by atoms with E-state index in [4.69, 9.17) is 4.98 Å². The topological polar surface area (TPSA) is 98.6 Å². The minimum Gasteiger partial charge on any atom is -0.507 e. The quantitative estimate of drug-likeness (QED) is 0.603. The number of benzene rings is 2. The predicted molar refractivity (Wildman–Crippen MR) is 116 cm³/mol. The fourth-order valence-corrected chi connectivity index (χ4v) is 3.80. The number of fused-ring (bicyclic) bond motifs is 1. The molecule has 1 fully saturated rings. The number of carbonyl (C=O) groups excluding carboxylic acids is 1. The van der Waals surface area contributed by atoms with Gasteiger partial charge in [0.25, 0.3) is 0 Å². The number of rotatable bonds is 5. The highest BCUT2D eigenvalue weighted by atomic mass is 16.3. The Morgan fingerprint density at radius 3 is 2.57 bits per heavy atom. The van der Waals surface area contributed by atoms with Crippen molar-refractivity contribution in [3.63, 3.8) is 0 Å². The molecule has 1 saturated heterocycles. The normalized spacial score (nSPS) is 15.9. The third-order valence-corrected chi connectivity index (χ3v) is 5.56. The lowest BCUT2D eigenvalue weighted by molar-refractivity contribution is -0.130. The Kier molecular flexibility index (Phi) is 5.81. The number of piperidine rings is 1. The standard InChI is InChI=1S/C23H26N4O3/c1-2-19(28)23(30)24-15-11-13-27(14-12-15)22-16-7-3-5-9-18(16)25-21(26-22)17-8-4-6-10-20(17)29/h3-10,15,19,28-29H,2,11-14H2,1H3,(H,24,30)/t19-/m1/s1. The second-order valence-electron chi connectivity index (χ2n) is 7.60. The van der Waals surface area contributed by atoms with Crippen molar-refractivity contribution in [3.8, 4) is 17.1 Å². The summed E-state index contributed by atoms with van der Waals surface area (Å²) >= 11 is 0. The molecule has 2 aromatic carbocycles. The Balaban J connectivity index is 1.60. The number of hydrogen-bond donors (Lipinski definition) is 3. The smallest absolute Gasteiger partial charge is 0.249 e. The average molecular weight is 406 g/mol. The van der Waals surface area contributed by atoms with E-state index < -0.39 is 6.10 Å². The monoisotopic (exact) mass is 406 g/mol. The first-order valence-electron chi connectivity index (χ1n) is 10.4. The largest absolute Gasteiger partial charge is 0.507 e. The van der Waals surface area contributed by atoms with E-state index in [0.717, 1.165) is 42.7 Å². The van der Waals surface area contributed by atoms with Gasteiger partial charge in [0.05, 0.1) is 11.1 Å². The van der Waals surface area contributed by atoms with Crippen molar-refractivity contribution >= 4 is 22.6 Å². The van der Waals surface area contributed by atoms with E-state index in [9.17, 15) is 15.0 Å². The Labute approximate surface area is 175 Å². The molecule has 30 heavy (non-hydrogen) atoms. The predicted octanol–water partition coefficient (Wildman–Crippen LogP) is 2.86. The number of amides is 1. The molecule has 0 aliphatic carbocycles. The number of nitrogens with one attached hydrogen (secondary N) is 1. The van der Waals surface area contributed by atoms with E-state index in [1.165, 1.54) is 0 Å². The Bertz CT molecular complexity index is 1050. The van der Waals surface area contributed by atoms with Crippen molar-refractivity contribution in [3.05, 3.63) is 48.5 Å². The maximum Gasteiger partial charge on any atom is 0.249 e. The van der Waals surface area contributed by atoms with Gasteiger partial charge in [-0.25, -0.2) is 9.97 Å². The van der Waals surface area contributed by atoms with Crippen LogP contribution in [0, 0.1) is 0 Å². The molecule has 1 aromatic heterocycles. The summed E-state index contributed by atoms with van der Waals surface area (Å²) in [4.78, 5) is 23.7. The second-order valence-corrected chi connectivity index (χ2v) is 7.60. The van der Waals surface area contributed by atoms with Gasteiger partial charge in [0.2, 0.25) is 5.91 Å². The molecule has 3 aromatic rings. The lowest BCUT2D eigenvalue weighted by Gasteiger charge is -2.34. The fraction of sp³-hybridized carbons (Fsp3) is 0.348. The summed E-state index contributed by atoms with van der Waals surface area (Å²) < 4.78 is 0. The third-order valence-electron chi connectivity index (χ3n) is 5.56. The van der Waals surface area contributed by atoms with E-state index in [2.05, 4.69) is 15.2 Å². The zero-order valence-electron chi connectivity index (χ0n) is 17.0. The molecule has 1 aliphatic heterocycles. The van der Waals surface area contributed by atoms with E-state index in [1.54, 1.807) is 19.1 Å². The summed E-state index contributed by atoms with van der Waals surface area (Å²) in [6, 6.07) is 15.0. The van der Waals surface area contributed by atoms with Gasteiger partial charge >= 0.3 is 0 Å². The van der Waals surface area contributed by atoms with Gasteiger partial charge in [0, 0.05) is 24.5 Å². The minimum absolute atomic E-state index is 0.0423. The van der Waals surface area contributed by atoms with Crippen LogP contribution < -0.4 is 10.2 Å². The molecule has 0 saturated carbocycles. The van der Waals surface area contributed by atoms with Crippen LogP contribution in [0.5, 0.6) is 5.75 Å². The Morgan fingerprint density at radius 1 is 1.13 bits per heavy atom. The summed E-state index contributed by atoms with van der Waals surface area (Å²) in [5, 5.41) is 23.9. The zero-order chi connectivity index (χ0) is 21.1. The molecule has 2 heterocycles. The van der Waals surface area contributed by atoms with Crippen LogP contribution in [-0.2, 0) is 4.79 Å². The van der Waals surface area contributed by atoms with Crippen molar-refractivity contribution in [1.82, 2.24) is 15.3 Å². The van der Waals surface area contributed by atoms with Crippen LogP contribution in [0.15, 0.2) is 48.5 Å². The van der Waals surface area contributed by atoms with Gasteiger partial charge in [-0.05, 0) is 43.5 Å². The Hall–Kier alpha value is -3.19. The number of phenols is 1. The van der Waals surface area contributed by atoms with Gasteiger partial charge in [0.1, 0.15) is 17.7 Å². The number of aliphatic hydroxyl groups excluding tert-OH is 1.